The number of hydrogen-bond acceptors (Lipinski definition) is 10. The summed E-state index contributed by atoms with van der Waals surface area (Å²) in [5.74, 6) is -1.02. The van der Waals surface area contributed by atoms with Gasteiger partial charge < -0.3 is 28.4 Å². The van der Waals surface area contributed by atoms with Gasteiger partial charge in [-0.05, 0) is 27.7 Å². The molecule has 0 N–H and O–H groups in total. The number of rotatable bonds is 5. The Kier molecular flexibility index (Phi) is 7.25. The first-order valence-electron chi connectivity index (χ1n) is 14.5. The highest BCUT2D eigenvalue weighted by Gasteiger charge is 2.47. The van der Waals surface area contributed by atoms with E-state index in [1.54, 1.807) is 13.8 Å². The molecule has 2 aromatic carbocycles. The molecule has 0 radical (unpaired) electrons. The minimum Gasteiger partial charge on any atom is -0.496 e. The van der Waals surface area contributed by atoms with Gasteiger partial charge in [0.2, 0.25) is 0 Å². The van der Waals surface area contributed by atoms with Crippen LogP contribution in [0.15, 0.2) is 34.4 Å². The number of fused-ring (bicyclic) bond motifs is 2. The molecule has 4 aliphatic rings. The van der Waals surface area contributed by atoms with Gasteiger partial charge in [-0.25, -0.2) is 0 Å². The number of carbonyl (C=O) groups is 4. The third-order valence-electron chi connectivity index (χ3n) is 8.90. The summed E-state index contributed by atoms with van der Waals surface area (Å²) in [6, 6.07) is 3.02. The lowest BCUT2D eigenvalue weighted by Crippen LogP contribution is -2.37. The van der Waals surface area contributed by atoms with Crippen molar-refractivity contribution in [1.82, 2.24) is 0 Å². The van der Waals surface area contributed by atoms with Crippen LogP contribution in [0.2, 0.25) is 0 Å². The van der Waals surface area contributed by atoms with E-state index in [-0.39, 0.29) is 92.6 Å². The van der Waals surface area contributed by atoms with Gasteiger partial charge in [-0.2, -0.15) is 0 Å². The molecule has 10 nitrogen and oxygen atoms in total. The average molecular weight is 603 g/mol. The second-order valence-corrected chi connectivity index (χ2v) is 11.5. The number of carbonyl (C=O) groups excluding carboxylic acids is 4. The van der Waals surface area contributed by atoms with Crippen molar-refractivity contribution in [2.45, 2.75) is 65.0 Å². The lowest BCUT2D eigenvalue weighted by atomic mass is 9.72. The van der Waals surface area contributed by atoms with E-state index in [1.807, 2.05) is 13.8 Å². The summed E-state index contributed by atoms with van der Waals surface area (Å²) in [5.41, 5.74) is 1.67. The largest absolute Gasteiger partial charge is 0.496 e. The van der Waals surface area contributed by atoms with Gasteiger partial charge in [-0.15, -0.1) is 0 Å². The van der Waals surface area contributed by atoms with Crippen LogP contribution in [0.4, 0.5) is 0 Å². The Labute approximate surface area is 254 Å². The average Bonchev–Trinajstić information content (AvgIpc) is 2.99. The summed E-state index contributed by atoms with van der Waals surface area (Å²) in [7, 11) is 5.64. The quantitative estimate of drug-likeness (QED) is 0.455. The molecular weight excluding hydrogens is 568 g/mol. The van der Waals surface area contributed by atoms with Crippen LogP contribution >= 0.6 is 0 Å². The van der Waals surface area contributed by atoms with E-state index >= 15 is 0 Å². The fourth-order valence-corrected chi connectivity index (χ4v) is 7.17. The molecule has 2 aliphatic carbocycles. The molecule has 0 saturated carbocycles. The SMILES string of the molecule is COc1cc(OC)c(-c2c(OC)cc(OC)c3c2C(=O)C2=C(C3=O)[C@@H](C)O[C@@H](C)C2)c2c1C(=O)C1=C(C[C@H](C)O[C@@H]1C)C2=O. The van der Waals surface area contributed by atoms with E-state index in [0.717, 1.165) is 0 Å². The summed E-state index contributed by atoms with van der Waals surface area (Å²) < 4.78 is 34.7. The van der Waals surface area contributed by atoms with E-state index in [2.05, 4.69) is 0 Å². The highest BCUT2D eigenvalue weighted by molar-refractivity contribution is 6.34. The molecule has 10 heteroatoms. The highest BCUT2D eigenvalue weighted by atomic mass is 16.5. The number of ether oxygens (including phenoxy) is 6. The molecule has 6 rings (SSSR count). The smallest absolute Gasteiger partial charge is 0.196 e. The van der Waals surface area contributed by atoms with Crippen LogP contribution in [0.3, 0.4) is 0 Å². The molecule has 0 amide bonds. The molecule has 0 spiro atoms. The first-order chi connectivity index (χ1) is 21.0. The molecule has 2 heterocycles. The number of benzene rings is 2. The zero-order chi connectivity index (χ0) is 31.8. The van der Waals surface area contributed by atoms with E-state index in [0.29, 0.717) is 11.1 Å². The Morgan fingerprint density at radius 3 is 1.14 bits per heavy atom. The van der Waals surface area contributed by atoms with Crippen LogP contribution in [0.5, 0.6) is 23.0 Å². The van der Waals surface area contributed by atoms with Gasteiger partial charge in [0.1, 0.15) is 23.0 Å². The van der Waals surface area contributed by atoms with Gasteiger partial charge in [0.15, 0.2) is 23.1 Å². The normalized spacial score (nSPS) is 24.5. The van der Waals surface area contributed by atoms with Gasteiger partial charge >= 0.3 is 0 Å². The number of hydrogen-bond donors (Lipinski definition) is 0. The van der Waals surface area contributed by atoms with Crippen molar-refractivity contribution in [1.29, 1.82) is 0 Å². The summed E-state index contributed by atoms with van der Waals surface area (Å²) in [4.78, 5) is 57.5. The third kappa shape index (κ3) is 4.07. The van der Waals surface area contributed by atoms with E-state index in [4.69, 9.17) is 28.4 Å². The maximum Gasteiger partial charge on any atom is 0.196 e. The fourth-order valence-electron chi connectivity index (χ4n) is 7.17. The van der Waals surface area contributed by atoms with Gasteiger partial charge in [0.25, 0.3) is 0 Å². The Balaban J connectivity index is 1.75. The summed E-state index contributed by atoms with van der Waals surface area (Å²) in [6.07, 6.45) is -1.38. The minimum absolute atomic E-state index is 0.0191. The standard InChI is InChI=1S/C34H34O10/c1-13-9-17-23(15(3)43-13)33(37)27-21(41-7)11-19(39-5)25(29(27)31(17)35)26-20(40-6)12-22(42-8)28-30(26)32(36)18-10-14(2)44-16(4)24(18)34(28)38/h11-16H,9-10H2,1-8H3/t13-,14-,15+,16+/m0/s1. The first kappa shape index (κ1) is 29.8. The second-order valence-electron chi connectivity index (χ2n) is 11.5. The van der Waals surface area contributed by atoms with Crippen LogP contribution in [0.1, 0.15) is 82.0 Å². The molecule has 0 saturated heterocycles. The molecule has 0 aromatic heterocycles. The fraction of sp³-hybridized carbons (Fsp3) is 0.412. The first-order valence-corrected chi connectivity index (χ1v) is 14.5. The van der Waals surface area contributed by atoms with Gasteiger partial charge in [0.05, 0.1) is 64.0 Å². The molecular formula is C34H34O10. The van der Waals surface area contributed by atoms with Crippen LogP contribution < -0.4 is 18.9 Å². The van der Waals surface area contributed by atoms with Crippen molar-refractivity contribution in [3.8, 4) is 34.1 Å². The van der Waals surface area contributed by atoms with Crippen LogP contribution in [0.25, 0.3) is 11.1 Å². The minimum atomic E-state index is -0.612. The maximum absolute atomic E-state index is 14.5. The molecule has 0 unspecified atom stereocenters. The van der Waals surface area contributed by atoms with E-state index < -0.39 is 35.3 Å². The van der Waals surface area contributed by atoms with Crippen molar-refractivity contribution in [3.63, 3.8) is 0 Å². The second kappa shape index (κ2) is 10.7. The van der Waals surface area contributed by atoms with Crippen LogP contribution in [0, 0.1) is 0 Å². The van der Waals surface area contributed by atoms with E-state index in [9.17, 15) is 19.2 Å². The molecule has 230 valence electrons. The Bertz CT molecular complexity index is 1620. The Hall–Kier alpha value is -4.28. The molecule has 0 fully saturated rings. The van der Waals surface area contributed by atoms with Gasteiger partial charge in [-0.3, -0.25) is 19.2 Å². The topological polar surface area (TPSA) is 124 Å². The predicted octanol–water partition coefficient (Wildman–Crippen LogP) is 5.13. The molecule has 2 aliphatic heterocycles. The van der Waals surface area contributed by atoms with Gasteiger partial charge in [0, 0.05) is 69.5 Å². The van der Waals surface area contributed by atoms with Crippen molar-refractivity contribution in [2.24, 2.45) is 0 Å². The molecule has 0 bridgehead atoms. The third-order valence-corrected chi connectivity index (χ3v) is 8.90. The predicted molar refractivity (Wildman–Crippen MR) is 159 cm³/mol. The number of methoxy groups -OCH3 is 4. The maximum atomic E-state index is 14.5. The number of Topliss-reactive ketones (excluding diaryl/α,β-unsaturated/α-hetero) is 4. The van der Waals surface area contributed by atoms with E-state index in [1.165, 1.54) is 40.6 Å². The Morgan fingerprint density at radius 1 is 0.500 bits per heavy atom. The van der Waals surface area contributed by atoms with Crippen molar-refractivity contribution in [3.05, 3.63) is 56.7 Å². The van der Waals surface area contributed by atoms with Crippen LogP contribution in [-0.2, 0) is 9.47 Å². The zero-order valence-electron chi connectivity index (χ0n) is 26.0. The molecule has 4 atom stereocenters. The Morgan fingerprint density at radius 2 is 0.818 bits per heavy atom. The van der Waals surface area contributed by atoms with Gasteiger partial charge in [-0.1, -0.05) is 0 Å². The molecule has 2 aromatic rings. The monoisotopic (exact) mass is 602 g/mol. The number of ketones is 4. The summed E-state index contributed by atoms with van der Waals surface area (Å²) in [6.45, 7) is 7.17. The lowest BCUT2D eigenvalue weighted by molar-refractivity contribution is 0.0145. The molecule has 44 heavy (non-hydrogen) atoms. The van der Waals surface area contributed by atoms with Crippen molar-refractivity contribution < 1.29 is 47.6 Å². The van der Waals surface area contributed by atoms with Crippen molar-refractivity contribution >= 4 is 23.1 Å². The zero-order valence-corrected chi connectivity index (χ0v) is 26.0. The summed E-state index contributed by atoms with van der Waals surface area (Å²) >= 11 is 0. The van der Waals surface area contributed by atoms with Crippen molar-refractivity contribution in [2.75, 3.05) is 28.4 Å². The summed E-state index contributed by atoms with van der Waals surface area (Å²) in [5, 5.41) is 0. The highest BCUT2D eigenvalue weighted by Crippen LogP contribution is 2.53. The van der Waals surface area contributed by atoms with Crippen LogP contribution in [-0.4, -0.2) is 76.0 Å². The lowest BCUT2D eigenvalue weighted by Gasteiger charge is -2.35.